The van der Waals surface area contributed by atoms with E-state index in [1.807, 2.05) is 67.6 Å². The Morgan fingerprint density at radius 2 is 1.23 bits per heavy atom. The summed E-state index contributed by atoms with van der Waals surface area (Å²) in [6.45, 7) is 1.90. The Kier molecular flexibility index (Phi) is 5.69. The van der Waals surface area contributed by atoms with Crippen molar-refractivity contribution in [2.24, 2.45) is 0 Å². The van der Waals surface area contributed by atoms with Gasteiger partial charge < -0.3 is 0 Å². The average Bonchev–Trinajstić information content (AvgIpc) is 2.63. The largest absolute Gasteiger partial charge is 0.258 e. The smallest absolute Gasteiger partial charge is 0.190 e. The van der Waals surface area contributed by atoms with Crippen LogP contribution in [0.1, 0.15) is 21.9 Å². The van der Waals surface area contributed by atoms with E-state index < -0.39 is 31.0 Å². The van der Waals surface area contributed by atoms with Crippen molar-refractivity contribution in [3.63, 3.8) is 0 Å². The first-order chi connectivity index (χ1) is 12.5. The summed E-state index contributed by atoms with van der Waals surface area (Å²) in [4.78, 5) is 0.205. The van der Waals surface area contributed by atoms with Gasteiger partial charge in [-0.2, -0.15) is 0 Å². The van der Waals surface area contributed by atoms with Crippen molar-refractivity contribution in [2.75, 3.05) is 5.08 Å². The molecule has 0 radical (unpaired) electrons. The van der Waals surface area contributed by atoms with Gasteiger partial charge in [-0.3, -0.25) is 4.21 Å². The highest BCUT2D eigenvalue weighted by Gasteiger charge is 2.27. The first-order valence-corrected chi connectivity index (χ1v) is 11.3. The van der Waals surface area contributed by atoms with E-state index in [1.165, 1.54) is 0 Å². The van der Waals surface area contributed by atoms with Crippen LogP contribution in [0.4, 0.5) is 0 Å². The summed E-state index contributed by atoms with van der Waals surface area (Å²) >= 11 is 0. The minimum atomic E-state index is -3.64. The molecule has 3 aromatic carbocycles. The van der Waals surface area contributed by atoms with Gasteiger partial charge >= 0.3 is 0 Å². The topological polar surface area (TPSA) is 51.2 Å². The van der Waals surface area contributed by atoms with Gasteiger partial charge in [-0.1, -0.05) is 78.4 Å². The van der Waals surface area contributed by atoms with E-state index in [2.05, 4.69) is 0 Å². The lowest BCUT2D eigenvalue weighted by atomic mass is 10.0. The predicted octanol–water partition coefficient (Wildman–Crippen LogP) is 4.26. The third-order valence-electron chi connectivity index (χ3n) is 4.12. The molecule has 0 amide bonds. The van der Waals surface area contributed by atoms with Crippen LogP contribution in [0.2, 0.25) is 0 Å². The Bertz CT molecular complexity index is 941. The molecule has 0 fully saturated rings. The van der Waals surface area contributed by atoms with E-state index in [9.17, 15) is 12.6 Å². The Labute approximate surface area is 157 Å². The zero-order valence-corrected chi connectivity index (χ0v) is 16.0. The molecule has 3 rings (SSSR count). The van der Waals surface area contributed by atoms with Crippen LogP contribution < -0.4 is 0 Å². The average molecular weight is 385 g/mol. The molecule has 0 aliphatic heterocycles. The van der Waals surface area contributed by atoms with Crippen LogP contribution in [-0.4, -0.2) is 17.7 Å². The maximum Gasteiger partial charge on any atom is 0.190 e. The maximum absolute atomic E-state index is 13.1. The van der Waals surface area contributed by atoms with Crippen LogP contribution in [-0.2, 0) is 20.6 Å². The fourth-order valence-corrected chi connectivity index (χ4v) is 6.57. The molecular formula is C21H20O3S2. The highest BCUT2D eigenvalue weighted by molar-refractivity contribution is 8.05. The third-order valence-corrected chi connectivity index (χ3v) is 8.35. The quantitative estimate of drug-likeness (QED) is 0.638. The van der Waals surface area contributed by atoms with Crippen molar-refractivity contribution in [1.29, 1.82) is 0 Å². The summed E-state index contributed by atoms with van der Waals surface area (Å²) in [5, 5.41) is -0.900. The van der Waals surface area contributed by atoms with E-state index in [1.54, 1.807) is 24.3 Å². The highest BCUT2D eigenvalue weighted by atomic mass is 32.3. The number of hydrogen-bond donors (Lipinski definition) is 0. The molecule has 1 unspecified atom stereocenters. The fourth-order valence-electron chi connectivity index (χ4n) is 2.79. The zero-order valence-electron chi connectivity index (χ0n) is 14.4. The molecule has 0 aliphatic carbocycles. The molecule has 1 atom stereocenters. The summed E-state index contributed by atoms with van der Waals surface area (Å²) in [6, 6.07) is 25.4. The summed E-state index contributed by atoms with van der Waals surface area (Å²) in [6.07, 6.45) is 0. The molecule has 0 heterocycles. The lowest BCUT2D eigenvalue weighted by molar-refractivity contribution is 0.599. The second kappa shape index (κ2) is 7.98. The van der Waals surface area contributed by atoms with Crippen LogP contribution in [0.3, 0.4) is 0 Å². The van der Waals surface area contributed by atoms with Gasteiger partial charge in [0.1, 0.15) is 5.08 Å². The van der Waals surface area contributed by atoms with Gasteiger partial charge in [-0.25, -0.2) is 8.42 Å². The van der Waals surface area contributed by atoms with E-state index in [0.717, 1.165) is 16.7 Å². The van der Waals surface area contributed by atoms with Crippen LogP contribution in [0, 0.1) is 6.92 Å². The van der Waals surface area contributed by atoms with Crippen LogP contribution in [0.15, 0.2) is 89.8 Å². The maximum atomic E-state index is 13.1. The lowest BCUT2D eigenvalue weighted by Gasteiger charge is -2.18. The molecule has 0 saturated carbocycles. The Morgan fingerprint density at radius 3 is 1.69 bits per heavy atom. The number of sulfone groups is 1. The van der Waals surface area contributed by atoms with Gasteiger partial charge in [0.25, 0.3) is 0 Å². The second-order valence-electron chi connectivity index (χ2n) is 6.13. The van der Waals surface area contributed by atoms with Gasteiger partial charge in [0.05, 0.1) is 10.1 Å². The van der Waals surface area contributed by atoms with Crippen molar-refractivity contribution >= 4 is 20.6 Å². The number of hydrogen-bond acceptors (Lipinski definition) is 3. The van der Waals surface area contributed by atoms with Crippen molar-refractivity contribution in [3.05, 3.63) is 102 Å². The molecule has 0 saturated heterocycles. The van der Waals surface area contributed by atoms with Crippen LogP contribution in [0.25, 0.3) is 0 Å². The molecule has 5 heteroatoms. The monoisotopic (exact) mass is 384 g/mol. The lowest BCUT2D eigenvalue weighted by Crippen LogP contribution is -2.18. The molecule has 0 aliphatic rings. The number of aryl methyl sites for hydroxylation is 1. The molecule has 26 heavy (non-hydrogen) atoms. The van der Waals surface area contributed by atoms with Gasteiger partial charge in [0.2, 0.25) is 0 Å². The molecule has 134 valence electrons. The standard InChI is InChI=1S/C21H20O3S2/c1-17-12-14-20(15-13-17)26(23,24)16-25(22)21(18-8-4-2-5-9-18)19-10-6-3-7-11-19/h2-15,21H,16H2,1H3. The highest BCUT2D eigenvalue weighted by Crippen LogP contribution is 2.29. The molecule has 0 N–H and O–H groups in total. The van der Waals surface area contributed by atoms with Gasteiger partial charge in [-0.05, 0) is 30.2 Å². The fraction of sp³-hybridized carbons (Fsp3) is 0.143. The molecule has 0 bridgehead atoms. The minimum Gasteiger partial charge on any atom is -0.258 e. The van der Waals surface area contributed by atoms with Gasteiger partial charge in [0, 0.05) is 10.8 Å². The molecule has 0 aromatic heterocycles. The van der Waals surface area contributed by atoms with Crippen LogP contribution >= 0.6 is 0 Å². The van der Waals surface area contributed by atoms with Crippen molar-refractivity contribution in [1.82, 2.24) is 0 Å². The normalized spacial score (nSPS) is 12.8. The predicted molar refractivity (Wildman–Crippen MR) is 106 cm³/mol. The molecular weight excluding hydrogens is 364 g/mol. The Hall–Kier alpha value is -2.24. The first kappa shape index (κ1) is 18.5. The minimum absolute atomic E-state index is 0.205. The van der Waals surface area contributed by atoms with Crippen molar-refractivity contribution in [2.45, 2.75) is 17.1 Å². The van der Waals surface area contributed by atoms with E-state index >= 15 is 0 Å². The number of benzene rings is 3. The zero-order chi connectivity index (χ0) is 18.6. The number of rotatable bonds is 6. The Morgan fingerprint density at radius 1 is 0.769 bits per heavy atom. The molecule has 0 spiro atoms. The van der Waals surface area contributed by atoms with Crippen LogP contribution in [0.5, 0.6) is 0 Å². The summed E-state index contributed by atoms with van der Waals surface area (Å²) in [7, 11) is -5.26. The summed E-state index contributed by atoms with van der Waals surface area (Å²) in [5.41, 5.74) is 2.67. The second-order valence-corrected chi connectivity index (χ2v) is 10.0. The van der Waals surface area contributed by atoms with Gasteiger partial charge in [0.15, 0.2) is 9.84 Å². The SMILES string of the molecule is Cc1ccc(S(=O)(=O)CS(=O)C(c2ccccc2)c2ccccc2)cc1. The summed E-state index contributed by atoms with van der Waals surface area (Å²) in [5.74, 6) is 0. The first-order valence-electron chi connectivity index (χ1n) is 8.24. The van der Waals surface area contributed by atoms with E-state index in [-0.39, 0.29) is 4.90 Å². The van der Waals surface area contributed by atoms with Crippen molar-refractivity contribution < 1.29 is 12.6 Å². The van der Waals surface area contributed by atoms with E-state index in [0.29, 0.717) is 0 Å². The molecule has 3 nitrogen and oxygen atoms in total. The Balaban J connectivity index is 1.95. The van der Waals surface area contributed by atoms with Gasteiger partial charge in [-0.15, -0.1) is 0 Å². The molecule has 3 aromatic rings. The van der Waals surface area contributed by atoms with Crippen molar-refractivity contribution in [3.8, 4) is 0 Å². The van der Waals surface area contributed by atoms with E-state index in [4.69, 9.17) is 0 Å². The summed E-state index contributed by atoms with van der Waals surface area (Å²) < 4.78 is 38.6. The third kappa shape index (κ3) is 4.29.